The van der Waals surface area contributed by atoms with Gasteiger partial charge in [-0.1, -0.05) is 109 Å². The van der Waals surface area contributed by atoms with Gasteiger partial charge in [0.15, 0.2) is 5.69 Å². The zero-order valence-electron chi connectivity index (χ0n) is 28.5. The highest BCUT2D eigenvalue weighted by atomic mass is 19.1. The summed E-state index contributed by atoms with van der Waals surface area (Å²) in [6.45, 7) is 0. The second-order valence-electron chi connectivity index (χ2n) is 13.2. The molecule has 0 radical (unpaired) electrons. The van der Waals surface area contributed by atoms with E-state index in [-0.39, 0.29) is 5.82 Å². The van der Waals surface area contributed by atoms with E-state index in [0.717, 1.165) is 61.8 Å². The van der Waals surface area contributed by atoms with Crippen molar-refractivity contribution in [2.24, 2.45) is 0 Å². The molecule has 0 N–H and O–H groups in total. The monoisotopic (exact) mass is 671 g/mol. The second-order valence-corrected chi connectivity index (χ2v) is 13.2. The molecule has 0 spiro atoms. The maximum atomic E-state index is 15.4. The Morgan fingerprint density at radius 2 is 0.769 bits per heavy atom. The summed E-state index contributed by atoms with van der Waals surface area (Å²) in [5.41, 5.74) is 11.7. The molecule has 0 aliphatic carbocycles. The molecule has 1 aliphatic rings. The summed E-state index contributed by atoms with van der Waals surface area (Å²) in [7, 11) is 0. The number of nitrogens with zero attached hydrogens (tertiary/aromatic N) is 3. The van der Waals surface area contributed by atoms with Gasteiger partial charge in [0, 0.05) is 45.8 Å². The number of fused-ring (bicyclic) bond motifs is 3. The average Bonchev–Trinajstić information content (AvgIpc) is 3.50. The molecule has 3 nitrogen and oxygen atoms in total. The SMILES string of the molecule is Fc1ccc2c(c1)[B-](c1ccc(N(c3ccccc3)c3ccccc3)cc1)(c1ccc(N(c3ccccc3)c3ccccc3)cc1)[n+]1ccccc1-2. The summed E-state index contributed by atoms with van der Waals surface area (Å²) in [5, 5.41) is 0. The van der Waals surface area contributed by atoms with Crippen LogP contribution in [0.1, 0.15) is 0 Å². The molecule has 8 aromatic rings. The third-order valence-corrected chi connectivity index (χ3v) is 10.4. The Morgan fingerprint density at radius 3 is 1.19 bits per heavy atom. The summed E-state index contributed by atoms with van der Waals surface area (Å²) >= 11 is 0. The fourth-order valence-corrected chi connectivity index (χ4v) is 8.16. The predicted octanol–water partition coefficient (Wildman–Crippen LogP) is 9.55. The number of benzene rings is 7. The van der Waals surface area contributed by atoms with Crippen molar-refractivity contribution >= 4 is 56.8 Å². The lowest BCUT2D eigenvalue weighted by Gasteiger charge is -2.34. The number of rotatable bonds is 8. The van der Waals surface area contributed by atoms with Crippen LogP contribution in [0, 0.1) is 5.82 Å². The highest BCUT2D eigenvalue weighted by molar-refractivity contribution is 7.07. The van der Waals surface area contributed by atoms with E-state index >= 15 is 4.39 Å². The first-order valence-corrected chi connectivity index (χ1v) is 17.7. The molecule has 0 saturated carbocycles. The standard InChI is InChI=1S/C47H35BFN3/c49-38-28-33-45-46(35-38)48(50-34-14-13-23-47(45)50,36-24-29-43(30-25-36)51(39-15-5-1-6-16-39)40-17-7-2-8-18-40)37-26-31-44(32-27-37)52(41-19-9-3-10-20-41)42-21-11-4-12-22-42/h1-35H. The largest absolute Gasteiger partial charge is 0.408 e. The molecule has 0 amide bonds. The number of para-hydroxylation sites is 4. The number of halogens is 1. The van der Waals surface area contributed by atoms with E-state index in [1.54, 1.807) is 12.1 Å². The van der Waals surface area contributed by atoms with Gasteiger partial charge in [-0.05, 0) is 91.0 Å². The molecule has 0 atom stereocenters. The van der Waals surface area contributed by atoms with Crippen LogP contribution in [0.2, 0.25) is 0 Å². The molecule has 1 aromatic heterocycles. The van der Waals surface area contributed by atoms with Gasteiger partial charge < -0.3 is 14.3 Å². The third kappa shape index (κ3) is 5.26. The second kappa shape index (κ2) is 13.2. The molecule has 5 heteroatoms. The third-order valence-electron chi connectivity index (χ3n) is 10.4. The zero-order valence-corrected chi connectivity index (χ0v) is 28.5. The minimum absolute atomic E-state index is 0.245. The molecule has 0 bridgehead atoms. The smallest absolute Gasteiger partial charge is 0.361 e. The van der Waals surface area contributed by atoms with Gasteiger partial charge in [0.1, 0.15) is 12.0 Å². The van der Waals surface area contributed by atoms with Crippen molar-refractivity contribution in [1.29, 1.82) is 0 Å². The van der Waals surface area contributed by atoms with Crippen molar-refractivity contribution in [3.8, 4) is 11.3 Å². The zero-order chi connectivity index (χ0) is 34.9. The molecule has 7 aromatic carbocycles. The number of hydrogen-bond donors (Lipinski definition) is 0. The Balaban J connectivity index is 1.23. The van der Waals surface area contributed by atoms with Crippen molar-refractivity contribution in [3.05, 3.63) is 218 Å². The Hall–Kier alpha value is -6.72. The number of aromatic nitrogens is 1. The van der Waals surface area contributed by atoms with Crippen molar-refractivity contribution in [2.45, 2.75) is 0 Å². The molecular weight excluding hydrogens is 636 g/mol. The first-order valence-electron chi connectivity index (χ1n) is 17.7. The van der Waals surface area contributed by atoms with Crippen LogP contribution >= 0.6 is 0 Å². The van der Waals surface area contributed by atoms with Gasteiger partial charge in [-0.2, -0.15) is 0 Å². The molecule has 0 unspecified atom stereocenters. The van der Waals surface area contributed by atoms with E-state index in [0.29, 0.717) is 0 Å². The predicted molar refractivity (Wildman–Crippen MR) is 214 cm³/mol. The minimum atomic E-state index is -1.83. The lowest BCUT2D eigenvalue weighted by molar-refractivity contribution is -0.524. The van der Waals surface area contributed by atoms with Crippen LogP contribution < -0.4 is 30.7 Å². The van der Waals surface area contributed by atoms with Gasteiger partial charge in [-0.25, -0.2) is 4.39 Å². The fraction of sp³-hybridized carbons (Fsp3) is 0. The topological polar surface area (TPSA) is 10.4 Å². The fourth-order valence-electron chi connectivity index (χ4n) is 8.16. The Kier molecular flexibility index (Phi) is 7.94. The molecular formula is C47H35BFN3. The highest BCUT2D eigenvalue weighted by Gasteiger charge is 2.50. The maximum absolute atomic E-state index is 15.4. The molecule has 1 aliphatic heterocycles. The molecule has 9 rings (SSSR count). The van der Waals surface area contributed by atoms with E-state index in [4.69, 9.17) is 0 Å². The lowest BCUT2D eigenvalue weighted by atomic mass is 9.24. The lowest BCUT2D eigenvalue weighted by Crippen LogP contribution is -2.82. The average molecular weight is 672 g/mol. The van der Waals surface area contributed by atoms with Gasteiger partial charge in [-0.3, -0.25) is 0 Å². The summed E-state index contributed by atoms with van der Waals surface area (Å²) in [4.78, 5) is 4.53. The Morgan fingerprint density at radius 1 is 0.385 bits per heavy atom. The van der Waals surface area contributed by atoms with Gasteiger partial charge in [-0.15, -0.1) is 16.4 Å². The van der Waals surface area contributed by atoms with Crippen LogP contribution in [-0.2, 0) is 0 Å². The van der Waals surface area contributed by atoms with Crippen molar-refractivity contribution in [1.82, 2.24) is 0 Å². The molecule has 0 saturated heterocycles. The molecule has 52 heavy (non-hydrogen) atoms. The van der Waals surface area contributed by atoms with Crippen LogP contribution in [-0.4, -0.2) is 6.28 Å². The number of pyridine rings is 1. The molecule has 2 heterocycles. The van der Waals surface area contributed by atoms with E-state index in [1.807, 2.05) is 30.3 Å². The summed E-state index contributed by atoms with van der Waals surface area (Å²) in [5.74, 6) is -0.245. The van der Waals surface area contributed by atoms with Gasteiger partial charge in [0.2, 0.25) is 0 Å². The van der Waals surface area contributed by atoms with Gasteiger partial charge in [0.25, 0.3) is 0 Å². The van der Waals surface area contributed by atoms with Gasteiger partial charge >= 0.3 is 6.28 Å². The normalized spacial score (nSPS) is 12.5. The number of anilines is 6. The first kappa shape index (κ1) is 31.3. The Bertz CT molecular complexity index is 2250. The number of hydrogen-bond acceptors (Lipinski definition) is 2. The van der Waals surface area contributed by atoms with E-state index in [1.165, 1.54) is 0 Å². The quantitative estimate of drug-likeness (QED) is 0.149. The Labute approximate surface area is 304 Å². The van der Waals surface area contributed by atoms with Crippen molar-refractivity contribution < 1.29 is 8.87 Å². The summed E-state index contributed by atoms with van der Waals surface area (Å²) < 4.78 is 17.8. The maximum Gasteiger partial charge on any atom is 0.361 e. The van der Waals surface area contributed by atoms with Crippen molar-refractivity contribution in [3.63, 3.8) is 0 Å². The molecule has 0 fully saturated rings. The van der Waals surface area contributed by atoms with Gasteiger partial charge in [0.05, 0.1) is 0 Å². The van der Waals surface area contributed by atoms with Crippen LogP contribution in [0.25, 0.3) is 11.3 Å². The summed E-state index contributed by atoms with van der Waals surface area (Å²) in [6, 6.07) is 70.9. The van der Waals surface area contributed by atoms with Crippen LogP contribution in [0.5, 0.6) is 0 Å². The van der Waals surface area contributed by atoms with E-state index in [9.17, 15) is 0 Å². The molecule has 248 valence electrons. The highest BCUT2D eigenvalue weighted by Crippen LogP contribution is 2.36. The first-order chi connectivity index (χ1) is 25.7. The van der Waals surface area contributed by atoms with E-state index in [2.05, 4.69) is 184 Å². The van der Waals surface area contributed by atoms with Crippen molar-refractivity contribution in [2.75, 3.05) is 9.80 Å². The van der Waals surface area contributed by atoms with E-state index < -0.39 is 6.28 Å². The summed E-state index contributed by atoms with van der Waals surface area (Å²) in [6.07, 6.45) is 0.317. The van der Waals surface area contributed by atoms with Crippen LogP contribution in [0.4, 0.5) is 38.5 Å². The minimum Gasteiger partial charge on any atom is -0.408 e. The van der Waals surface area contributed by atoms with Crippen LogP contribution in [0.3, 0.4) is 0 Å². The van der Waals surface area contributed by atoms with Crippen LogP contribution in [0.15, 0.2) is 212 Å².